The van der Waals surface area contributed by atoms with Crippen LogP contribution in [0.3, 0.4) is 0 Å². The van der Waals surface area contributed by atoms with Gasteiger partial charge in [0, 0.05) is 31.0 Å². The highest BCUT2D eigenvalue weighted by atomic mass is 35.5. The molecule has 1 aliphatic rings. The van der Waals surface area contributed by atoms with Gasteiger partial charge in [0.05, 0.1) is 5.02 Å². The number of rotatable bonds is 6. The SMILES string of the molecule is Cc1onc(-c2ccccc2Cl)c1C(=O)NCC1CCN(Cc2cccnc2)CC1. The fourth-order valence-electron chi connectivity index (χ4n) is 3.90. The Bertz CT molecular complexity index is 997. The van der Waals surface area contributed by atoms with Gasteiger partial charge in [0.25, 0.3) is 5.91 Å². The number of carbonyl (C=O) groups is 1. The first-order chi connectivity index (χ1) is 14.6. The molecule has 156 valence electrons. The monoisotopic (exact) mass is 424 g/mol. The minimum atomic E-state index is -0.165. The van der Waals surface area contributed by atoms with E-state index in [-0.39, 0.29) is 5.91 Å². The van der Waals surface area contributed by atoms with E-state index in [2.05, 4.69) is 26.4 Å². The van der Waals surface area contributed by atoms with E-state index in [1.165, 1.54) is 5.56 Å². The van der Waals surface area contributed by atoms with Crippen molar-refractivity contribution in [2.45, 2.75) is 26.3 Å². The molecule has 1 aromatic carbocycles. The Morgan fingerprint density at radius 1 is 1.23 bits per heavy atom. The number of carbonyl (C=O) groups excluding carboxylic acids is 1. The standard InChI is InChI=1S/C23H25ClN4O2/c1-16-21(22(27-30-16)19-6-2-3-7-20(19)24)23(29)26-14-17-8-11-28(12-9-17)15-18-5-4-10-25-13-18/h2-7,10,13,17H,8-9,11-12,14-15H2,1H3,(H,26,29). The highest BCUT2D eigenvalue weighted by Gasteiger charge is 2.25. The molecule has 0 unspecified atom stereocenters. The Balaban J connectivity index is 1.33. The van der Waals surface area contributed by atoms with E-state index >= 15 is 0 Å². The molecule has 1 N–H and O–H groups in total. The van der Waals surface area contributed by atoms with Gasteiger partial charge in [0.1, 0.15) is 17.0 Å². The van der Waals surface area contributed by atoms with Crippen LogP contribution in [0.2, 0.25) is 5.02 Å². The van der Waals surface area contributed by atoms with Crippen LogP contribution in [-0.2, 0) is 6.54 Å². The maximum atomic E-state index is 12.9. The molecule has 4 rings (SSSR count). The van der Waals surface area contributed by atoms with Gasteiger partial charge >= 0.3 is 0 Å². The molecule has 1 aliphatic heterocycles. The van der Waals surface area contributed by atoms with Gasteiger partial charge in [-0.3, -0.25) is 14.7 Å². The number of halogens is 1. The summed E-state index contributed by atoms with van der Waals surface area (Å²) in [6.07, 6.45) is 5.83. The highest BCUT2D eigenvalue weighted by Crippen LogP contribution is 2.31. The molecule has 6 nitrogen and oxygen atoms in total. The Morgan fingerprint density at radius 3 is 2.77 bits per heavy atom. The quantitative estimate of drug-likeness (QED) is 0.637. The lowest BCUT2D eigenvalue weighted by Gasteiger charge is -2.32. The van der Waals surface area contributed by atoms with Crippen molar-refractivity contribution in [3.05, 3.63) is 70.7 Å². The van der Waals surface area contributed by atoms with Crippen molar-refractivity contribution in [3.63, 3.8) is 0 Å². The number of piperidine rings is 1. The second-order valence-electron chi connectivity index (χ2n) is 7.73. The summed E-state index contributed by atoms with van der Waals surface area (Å²) in [6.45, 7) is 5.36. The highest BCUT2D eigenvalue weighted by molar-refractivity contribution is 6.33. The first-order valence-electron chi connectivity index (χ1n) is 10.2. The zero-order valence-electron chi connectivity index (χ0n) is 17.0. The minimum absolute atomic E-state index is 0.165. The smallest absolute Gasteiger partial charge is 0.257 e. The van der Waals surface area contributed by atoms with Crippen LogP contribution in [0.15, 0.2) is 53.3 Å². The number of hydrogen-bond acceptors (Lipinski definition) is 5. The van der Waals surface area contributed by atoms with Gasteiger partial charge in [0.2, 0.25) is 0 Å². The van der Waals surface area contributed by atoms with E-state index in [0.717, 1.165) is 32.5 Å². The fraction of sp³-hybridized carbons (Fsp3) is 0.348. The predicted molar refractivity (Wildman–Crippen MR) is 116 cm³/mol. The second-order valence-corrected chi connectivity index (χ2v) is 8.14. The van der Waals surface area contributed by atoms with Crippen molar-refractivity contribution in [1.82, 2.24) is 20.4 Å². The van der Waals surface area contributed by atoms with Crippen LogP contribution in [0.4, 0.5) is 0 Å². The molecule has 3 heterocycles. The second kappa shape index (κ2) is 9.41. The molecule has 0 bridgehead atoms. The third-order valence-electron chi connectivity index (χ3n) is 5.61. The van der Waals surface area contributed by atoms with Crippen molar-refractivity contribution in [2.75, 3.05) is 19.6 Å². The van der Waals surface area contributed by atoms with E-state index < -0.39 is 0 Å². The number of benzene rings is 1. The van der Waals surface area contributed by atoms with Crippen LogP contribution in [0.25, 0.3) is 11.3 Å². The molecule has 1 amide bonds. The lowest BCUT2D eigenvalue weighted by molar-refractivity contribution is 0.0934. The van der Waals surface area contributed by atoms with Gasteiger partial charge in [0.15, 0.2) is 0 Å². The number of amides is 1. The topological polar surface area (TPSA) is 71.3 Å². The maximum Gasteiger partial charge on any atom is 0.257 e. The van der Waals surface area contributed by atoms with Crippen LogP contribution in [-0.4, -0.2) is 40.6 Å². The summed E-state index contributed by atoms with van der Waals surface area (Å²) in [4.78, 5) is 19.5. The number of hydrogen-bond donors (Lipinski definition) is 1. The van der Waals surface area contributed by atoms with E-state index in [0.29, 0.717) is 40.1 Å². The number of pyridine rings is 1. The van der Waals surface area contributed by atoms with Gasteiger partial charge < -0.3 is 9.84 Å². The predicted octanol–water partition coefficient (Wildman–Crippen LogP) is 4.34. The maximum absolute atomic E-state index is 12.9. The summed E-state index contributed by atoms with van der Waals surface area (Å²) in [7, 11) is 0. The lowest BCUT2D eigenvalue weighted by atomic mass is 9.96. The summed E-state index contributed by atoms with van der Waals surface area (Å²) in [5.41, 5.74) is 2.88. The van der Waals surface area contributed by atoms with Gasteiger partial charge in [-0.25, -0.2) is 0 Å². The van der Waals surface area contributed by atoms with Crippen LogP contribution < -0.4 is 5.32 Å². The van der Waals surface area contributed by atoms with Crippen LogP contribution in [0, 0.1) is 12.8 Å². The Morgan fingerprint density at radius 2 is 2.03 bits per heavy atom. The number of likely N-dealkylation sites (tertiary alicyclic amines) is 1. The van der Waals surface area contributed by atoms with Crippen molar-refractivity contribution in [2.24, 2.45) is 5.92 Å². The van der Waals surface area contributed by atoms with Crippen molar-refractivity contribution in [1.29, 1.82) is 0 Å². The summed E-state index contributed by atoms with van der Waals surface area (Å²) < 4.78 is 5.31. The average Bonchev–Trinajstić information content (AvgIpc) is 3.15. The van der Waals surface area contributed by atoms with Crippen LogP contribution in [0.5, 0.6) is 0 Å². The fourth-order valence-corrected chi connectivity index (χ4v) is 4.13. The summed E-state index contributed by atoms with van der Waals surface area (Å²) in [5, 5.41) is 7.70. The van der Waals surface area contributed by atoms with Crippen LogP contribution >= 0.6 is 11.6 Å². The normalized spacial score (nSPS) is 15.3. The minimum Gasteiger partial charge on any atom is -0.360 e. The Hall–Kier alpha value is -2.70. The van der Waals surface area contributed by atoms with Gasteiger partial charge in [-0.1, -0.05) is 41.0 Å². The van der Waals surface area contributed by atoms with Gasteiger partial charge in [-0.05, 0) is 56.5 Å². The largest absolute Gasteiger partial charge is 0.360 e. The van der Waals surface area contributed by atoms with E-state index in [9.17, 15) is 4.79 Å². The molecule has 0 radical (unpaired) electrons. The summed E-state index contributed by atoms with van der Waals surface area (Å²) >= 11 is 6.29. The summed E-state index contributed by atoms with van der Waals surface area (Å²) in [5.74, 6) is 0.790. The van der Waals surface area contributed by atoms with Crippen molar-refractivity contribution in [3.8, 4) is 11.3 Å². The number of aryl methyl sites for hydroxylation is 1. The zero-order chi connectivity index (χ0) is 20.9. The van der Waals surface area contributed by atoms with E-state index in [4.69, 9.17) is 16.1 Å². The summed E-state index contributed by atoms with van der Waals surface area (Å²) in [6, 6.07) is 11.4. The number of aromatic nitrogens is 2. The molecule has 3 aromatic rings. The molecule has 0 atom stereocenters. The third kappa shape index (κ3) is 4.71. The molecule has 2 aromatic heterocycles. The number of nitrogens with zero attached hydrogens (tertiary/aromatic N) is 3. The first-order valence-corrected chi connectivity index (χ1v) is 10.6. The molecular weight excluding hydrogens is 400 g/mol. The first kappa shape index (κ1) is 20.6. The molecule has 1 saturated heterocycles. The Labute approximate surface area is 181 Å². The molecule has 0 spiro atoms. The molecule has 30 heavy (non-hydrogen) atoms. The van der Waals surface area contributed by atoms with E-state index in [1.807, 2.05) is 30.5 Å². The molecule has 7 heteroatoms. The molecular formula is C23H25ClN4O2. The van der Waals surface area contributed by atoms with Crippen molar-refractivity contribution >= 4 is 17.5 Å². The number of nitrogens with one attached hydrogen (secondary N) is 1. The Kier molecular flexibility index (Phi) is 6.45. The van der Waals surface area contributed by atoms with E-state index in [1.54, 1.807) is 19.2 Å². The molecule has 0 saturated carbocycles. The lowest BCUT2D eigenvalue weighted by Crippen LogP contribution is -2.38. The average molecular weight is 425 g/mol. The van der Waals surface area contributed by atoms with Crippen molar-refractivity contribution < 1.29 is 9.32 Å². The van der Waals surface area contributed by atoms with Gasteiger partial charge in [-0.2, -0.15) is 0 Å². The zero-order valence-corrected chi connectivity index (χ0v) is 17.7. The third-order valence-corrected chi connectivity index (χ3v) is 5.94. The molecule has 1 fully saturated rings. The van der Waals surface area contributed by atoms with Gasteiger partial charge in [-0.15, -0.1) is 0 Å². The van der Waals surface area contributed by atoms with Crippen LogP contribution in [0.1, 0.15) is 34.5 Å². The molecule has 0 aliphatic carbocycles.